The first-order valence-electron chi connectivity index (χ1n) is 6.67. The fraction of sp³-hybridized carbons (Fsp3) is 0.0588. The largest absolute Gasteiger partial charge is 0.497 e. The molecule has 0 fully saturated rings. The second kappa shape index (κ2) is 6.03. The van der Waals surface area contributed by atoms with Gasteiger partial charge in [0.2, 0.25) is 0 Å². The van der Waals surface area contributed by atoms with Gasteiger partial charge >= 0.3 is 0 Å². The van der Waals surface area contributed by atoms with Crippen LogP contribution in [0.3, 0.4) is 0 Å². The Morgan fingerprint density at radius 2 is 1.95 bits per heavy atom. The summed E-state index contributed by atoms with van der Waals surface area (Å²) >= 11 is 5.86. The summed E-state index contributed by atoms with van der Waals surface area (Å²) in [6, 6.07) is 14.6. The topological polar surface area (TPSA) is 50.7 Å². The summed E-state index contributed by atoms with van der Waals surface area (Å²) in [4.78, 5) is 16.4. The maximum atomic E-state index is 12.0. The van der Waals surface area contributed by atoms with E-state index in [2.05, 4.69) is 10.3 Å². The van der Waals surface area contributed by atoms with E-state index in [0.29, 0.717) is 16.6 Å². The molecule has 0 unspecified atom stereocenters. The van der Waals surface area contributed by atoms with Gasteiger partial charge in [0.05, 0.1) is 7.11 Å². The Morgan fingerprint density at radius 1 is 1.18 bits per heavy atom. The number of benzene rings is 2. The first-order chi connectivity index (χ1) is 10.7. The van der Waals surface area contributed by atoms with Gasteiger partial charge in [-0.05, 0) is 48.0 Å². The van der Waals surface area contributed by atoms with Crippen LogP contribution in [0.25, 0.3) is 6.08 Å². The van der Waals surface area contributed by atoms with Gasteiger partial charge in [0.15, 0.2) is 0 Å². The molecule has 2 aromatic carbocycles. The van der Waals surface area contributed by atoms with E-state index in [4.69, 9.17) is 16.3 Å². The van der Waals surface area contributed by atoms with Crippen LogP contribution in [0, 0.1) is 0 Å². The Morgan fingerprint density at radius 3 is 2.68 bits per heavy atom. The van der Waals surface area contributed by atoms with Crippen molar-refractivity contribution in [2.75, 3.05) is 7.11 Å². The molecule has 4 nitrogen and oxygen atoms in total. The molecule has 1 aliphatic heterocycles. The van der Waals surface area contributed by atoms with Crippen LogP contribution in [-0.4, -0.2) is 18.9 Å². The molecule has 0 spiro atoms. The molecule has 110 valence electrons. The van der Waals surface area contributed by atoms with Crippen molar-refractivity contribution in [3.05, 3.63) is 70.4 Å². The number of methoxy groups -OCH3 is 1. The third-order valence-corrected chi connectivity index (χ3v) is 3.46. The molecular formula is C17H13ClN2O2. The van der Waals surface area contributed by atoms with Crippen molar-refractivity contribution in [3.63, 3.8) is 0 Å². The van der Waals surface area contributed by atoms with Crippen LogP contribution in [-0.2, 0) is 4.79 Å². The SMILES string of the molecule is COc1cccc(/C=C2/N=C(c3ccc(Cl)cc3)NC2=O)c1. The summed E-state index contributed by atoms with van der Waals surface area (Å²) in [5.74, 6) is 1.03. The molecule has 0 radical (unpaired) electrons. The van der Waals surface area contributed by atoms with Crippen LogP contribution in [0.1, 0.15) is 11.1 Å². The monoisotopic (exact) mass is 312 g/mol. The number of ether oxygens (including phenoxy) is 1. The van der Waals surface area contributed by atoms with Gasteiger partial charge in [-0.15, -0.1) is 0 Å². The van der Waals surface area contributed by atoms with Gasteiger partial charge in [0.25, 0.3) is 5.91 Å². The van der Waals surface area contributed by atoms with Gasteiger partial charge in [-0.3, -0.25) is 4.79 Å². The molecule has 1 N–H and O–H groups in total. The maximum Gasteiger partial charge on any atom is 0.275 e. The molecule has 0 saturated carbocycles. The van der Waals surface area contributed by atoms with Crippen molar-refractivity contribution in [2.45, 2.75) is 0 Å². The summed E-state index contributed by atoms with van der Waals surface area (Å²) in [6.07, 6.45) is 1.72. The average Bonchev–Trinajstić information content (AvgIpc) is 2.89. The van der Waals surface area contributed by atoms with E-state index in [1.807, 2.05) is 36.4 Å². The highest BCUT2D eigenvalue weighted by Gasteiger charge is 2.20. The molecule has 0 atom stereocenters. The van der Waals surface area contributed by atoms with Crippen molar-refractivity contribution >= 4 is 29.4 Å². The highest BCUT2D eigenvalue weighted by Crippen LogP contribution is 2.19. The van der Waals surface area contributed by atoms with Crippen LogP contribution in [0.5, 0.6) is 5.75 Å². The van der Waals surface area contributed by atoms with Gasteiger partial charge in [0, 0.05) is 10.6 Å². The Labute approximate surface area is 133 Å². The number of carbonyl (C=O) groups excluding carboxylic acids is 1. The predicted octanol–water partition coefficient (Wildman–Crippen LogP) is 3.27. The molecule has 0 aliphatic carbocycles. The van der Waals surface area contributed by atoms with E-state index >= 15 is 0 Å². The van der Waals surface area contributed by atoms with Crippen molar-refractivity contribution in [1.82, 2.24) is 5.32 Å². The number of hydrogen-bond acceptors (Lipinski definition) is 3. The lowest BCUT2D eigenvalue weighted by molar-refractivity contribution is -0.115. The van der Waals surface area contributed by atoms with Gasteiger partial charge in [0.1, 0.15) is 17.3 Å². The zero-order valence-corrected chi connectivity index (χ0v) is 12.6. The smallest absolute Gasteiger partial charge is 0.275 e. The molecule has 1 aliphatic rings. The third kappa shape index (κ3) is 3.02. The van der Waals surface area contributed by atoms with E-state index in [-0.39, 0.29) is 5.91 Å². The van der Waals surface area contributed by atoms with Gasteiger partial charge in [-0.25, -0.2) is 4.99 Å². The van der Waals surface area contributed by atoms with Crippen molar-refractivity contribution in [3.8, 4) is 5.75 Å². The quantitative estimate of drug-likeness (QED) is 0.884. The molecule has 0 aromatic heterocycles. The number of rotatable bonds is 3. The molecule has 3 rings (SSSR count). The molecule has 22 heavy (non-hydrogen) atoms. The van der Waals surface area contributed by atoms with Crippen LogP contribution in [0.2, 0.25) is 5.02 Å². The van der Waals surface area contributed by atoms with Gasteiger partial charge < -0.3 is 10.1 Å². The molecular weight excluding hydrogens is 300 g/mol. The Kier molecular flexibility index (Phi) is 3.94. The number of aliphatic imine (C=N–C) groups is 1. The van der Waals surface area contributed by atoms with Crippen LogP contribution >= 0.6 is 11.6 Å². The van der Waals surface area contributed by atoms with E-state index in [9.17, 15) is 4.79 Å². The summed E-state index contributed by atoms with van der Waals surface area (Å²) in [7, 11) is 1.60. The van der Waals surface area contributed by atoms with Crippen LogP contribution < -0.4 is 10.1 Å². The maximum absolute atomic E-state index is 12.0. The first kappa shape index (κ1) is 14.4. The second-order valence-corrected chi connectivity index (χ2v) is 5.16. The lowest BCUT2D eigenvalue weighted by Crippen LogP contribution is -2.24. The highest BCUT2D eigenvalue weighted by atomic mass is 35.5. The van der Waals surface area contributed by atoms with E-state index in [1.165, 1.54) is 0 Å². The highest BCUT2D eigenvalue weighted by molar-refractivity contribution is 6.30. The van der Waals surface area contributed by atoms with Crippen LogP contribution in [0.4, 0.5) is 0 Å². The van der Waals surface area contributed by atoms with Gasteiger partial charge in [-0.2, -0.15) is 0 Å². The summed E-state index contributed by atoms with van der Waals surface area (Å²) in [5.41, 5.74) is 2.02. The molecule has 5 heteroatoms. The number of amidine groups is 1. The Bertz CT molecular complexity index is 780. The standard InChI is InChI=1S/C17H13ClN2O2/c1-22-14-4-2-3-11(9-14)10-15-17(21)20-16(19-15)12-5-7-13(18)8-6-12/h2-10H,1H3,(H,19,20,21)/b15-10+. The Hall–Kier alpha value is -2.59. The van der Waals surface area contributed by atoms with E-state index in [0.717, 1.165) is 16.9 Å². The molecule has 2 aromatic rings. The number of hydrogen-bond donors (Lipinski definition) is 1. The number of nitrogens with zero attached hydrogens (tertiary/aromatic N) is 1. The summed E-state index contributed by atoms with van der Waals surface area (Å²) < 4.78 is 5.17. The van der Waals surface area contributed by atoms with Crippen molar-refractivity contribution < 1.29 is 9.53 Å². The third-order valence-electron chi connectivity index (χ3n) is 3.21. The van der Waals surface area contributed by atoms with E-state index in [1.54, 1.807) is 25.3 Å². The zero-order chi connectivity index (χ0) is 15.5. The number of carbonyl (C=O) groups is 1. The summed E-state index contributed by atoms with van der Waals surface area (Å²) in [6.45, 7) is 0. The number of nitrogens with one attached hydrogen (secondary N) is 1. The number of halogens is 1. The minimum atomic E-state index is -0.229. The van der Waals surface area contributed by atoms with Crippen LogP contribution in [0.15, 0.2) is 59.2 Å². The van der Waals surface area contributed by atoms with Crippen molar-refractivity contribution in [1.29, 1.82) is 0 Å². The van der Waals surface area contributed by atoms with Gasteiger partial charge in [-0.1, -0.05) is 23.7 Å². The summed E-state index contributed by atoms with van der Waals surface area (Å²) in [5, 5.41) is 3.40. The fourth-order valence-corrected chi connectivity index (χ4v) is 2.23. The molecule has 1 heterocycles. The second-order valence-electron chi connectivity index (χ2n) is 4.73. The molecule has 0 saturated heterocycles. The normalized spacial score (nSPS) is 15.6. The Balaban J connectivity index is 1.92. The number of amides is 1. The minimum Gasteiger partial charge on any atom is -0.497 e. The molecule has 0 bridgehead atoms. The zero-order valence-electron chi connectivity index (χ0n) is 11.8. The fourth-order valence-electron chi connectivity index (χ4n) is 2.10. The lowest BCUT2D eigenvalue weighted by Gasteiger charge is -2.00. The molecule has 1 amide bonds. The first-order valence-corrected chi connectivity index (χ1v) is 7.05. The van der Waals surface area contributed by atoms with E-state index < -0.39 is 0 Å². The minimum absolute atomic E-state index is 0.229. The predicted molar refractivity (Wildman–Crippen MR) is 87.1 cm³/mol. The average molecular weight is 313 g/mol. The van der Waals surface area contributed by atoms with Crippen molar-refractivity contribution in [2.24, 2.45) is 4.99 Å². The lowest BCUT2D eigenvalue weighted by atomic mass is 10.2.